The van der Waals surface area contributed by atoms with E-state index in [1.54, 1.807) is 4.90 Å². The van der Waals surface area contributed by atoms with Gasteiger partial charge < -0.3 is 14.9 Å². The highest BCUT2D eigenvalue weighted by atomic mass is 16.7. The van der Waals surface area contributed by atoms with Crippen molar-refractivity contribution in [1.82, 2.24) is 15.3 Å². The van der Waals surface area contributed by atoms with Crippen molar-refractivity contribution in [1.29, 1.82) is 0 Å². The SMILES string of the molecule is CC1CN(C)CCN1C(=O)NOCC(=O)O. The highest BCUT2D eigenvalue weighted by Crippen LogP contribution is 2.07. The average Bonchev–Trinajstić information content (AvgIpc) is 2.16. The topological polar surface area (TPSA) is 82.1 Å². The van der Waals surface area contributed by atoms with E-state index in [1.807, 2.05) is 14.0 Å². The molecule has 92 valence electrons. The number of carbonyl (C=O) groups is 2. The predicted molar refractivity (Wildman–Crippen MR) is 55.8 cm³/mol. The van der Waals surface area contributed by atoms with Crippen LogP contribution in [0.5, 0.6) is 0 Å². The first kappa shape index (κ1) is 12.7. The molecule has 0 spiro atoms. The molecule has 0 radical (unpaired) electrons. The smallest absolute Gasteiger partial charge is 0.341 e. The fourth-order valence-corrected chi connectivity index (χ4v) is 1.66. The predicted octanol–water partition coefficient (Wildman–Crippen LogP) is -0.652. The molecule has 2 N–H and O–H groups in total. The van der Waals surface area contributed by atoms with Gasteiger partial charge in [0.25, 0.3) is 0 Å². The van der Waals surface area contributed by atoms with E-state index in [0.717, 1.165) is 13.1 Å². The van der Waals surface area contributed by atoms with Crippen LogP contribution >= 0.6 is 0 Å². The van der Waals surface area contributed by atoms with E-state index >= 15 is 0 Å². The number of carboxylic acid groups (broad SMARTS) is 1. The van der Waals surface area contributed by atoms with Crippen LogP contribution < -0.4 is 5.48 Å². The zero-order valence-electron chi connectivity index (χ0n) is 9.47. The number of carbonyl (C=O) groups excluding carboxylic acids is 1. The third-order valence-electron chi connectivity index (χ3n) is 2.45. The van der Waals surface area contributed by atoms with Crippen molar-refractivity contribution < 1.29 is 19.5 Å². The Balaban J connectivity index is 2.33. The van der Waals surface area contributed by atoms with Gasteiger partial charge in [-0.2, -0.15) is 0 Å². The third kappa shape index (κ3) is 3.67. The van der Waals surface area contributed by atoms with Crippen molar-refractivity contribution in [2.45, 2.75) is 13.0 Å². The molecule has 0 aromatic heterocycles. The second-order valence-electron chi connectivity index (χ2n) is 3.89. The van der Waals surface area contributed by atoms with Crippen LogP contribution in [0.15, 0.2) is 0 Å². The second kappa shape index (κ2) is 5.66. The fourth-order valence-electron chi connectivity index (χ4n) is 1.66. The first-order valence-corrected chi connectivity index (χ1v) is 5.09. The minimum Gasteiger partial charge on any atom is -0.479 e. The molecule has 1 fully saturated rings. The maximum absolute atomic E-state index is 11.6. The van der Waals surface area contributed by atoms with Crippen molar-refractivity contribution >= 4 is 12.0 Å². The molecular weight excluding hydrogens is 214 g/mol. The molecule has 0 aliphatic carbocycles. The van der Waals surface area contributed by atoms with Crippen molar-refractivity contribution in [3.8, 4) is 0 Å². The summed E-state index contributed by atoms with van der Waals surface area (Å²) in [6.07, 6.45) is 0. The van der Waals surface area contributed by atoms with E-state index in [-0.39, 0.29) is 12.1 Å². The number of aliphatic carboxylic acids is 1. The summed E-state index contributed by atoms with van der Waals surface area (Å²) in [4.78, 5) is 30.0. The molecule has 1 saturated heterocycles. The Bertz CT molecular complexity index is 271. The van der Waals surface area contributed by atoms with Crippen LogP contribution in [0.25, 0.3) is 0 Å². The average molecular weight is 231 g/mol. The number of hydrogen-bond acceptors (Lipinski definition) is 4. The molecule has 1 unspecified atom stereocenters. The molecule has 0 aromatic rings. The van der Waals surface area contributed by atoms with Crippen molar-refractivity contribution in [2.24, 2.45) is 0 Å². The number of amides is 2. The largest absolute Gasteiger partial charge is 0.479 e. The van der Waals surface area contributed by atoms with E-state index in [9.17, 15) is 9.59 Å². The molecule has 1 heterocycles. The van der Waals surface area contributed by atoms with Gasteiger partial charge in [0.2, 0.25) is 0 Å². The van der Waals surface area contributed by atoms with Gasteiger partial charge in [-0.25, -0.2) is 15.1 Å². The monoisotopic (exact) mass is 231 g/mol. The second-order valence-corrected chi connectivity index (χ2v) is 3.89. The lowest BCUT2D eigenvalue weighted by Gasteiger charge is -2.37. The Morgan fingerprint density at radius 2 is 2.19 bits per heavy atom. The van der Waals surface area contributed by atoms with E-state index in [2.05, 4.69) is 15.2 Å². The van der Waals surface area contributed by atoms with Gasteiger partial charge in [0.1, 0.15) is 0 Å². The summed E-state index contributed by atoms with van der Waals surface area (Å²) in [5.41, 5.74) is 2.12. The van der Waals surface area contributed by atoms with Crippen LogP contribution in [0.1, 0.15) is 6.92 Å². The molecule has 1 atom stereocenters. The molecule has 0 aromatic carbocycles. The number of hydroxylamine groups is 1. The van der Waals surface area contributed by atoms with E-state index < -0.39 is 12.6 Å². The van der Waals surface area contributed by atoms with Crippen LogP contribution in [0.3, 0.4) is 0 Å². The molecule has 1 rings (SSSR count). The Labute approximate surface area is 93.9 Å². The quantitative estimate of drug-likeness (QED) is 0.631. The molecule has 1 aliphatic heterocycles. The lowest BCUT2D eigenvalue weighted by Crippen LogP contribution is -2.55. The number of urea groups is 1. The van der Waals surface area contributed by atoms with Crippen molar-refractivity contribution in [3.63, 3.8) is 0 Å². The highest BCUT2D eigenvalue weighted by Gasteiger charge is 2.25. The number of piperazine rings is 1. The number of nitrogens with zero attached hydrogens (tertiary/aromatic N) is 2. The highest BCUT2D eigenvalue weighted by molar-refractivity contribution is 5.74. The molecule has 1 aliphatic rings. The molecule has 0 saturated carbocycles. The Morgan fingerprint density at radius 3 is 2.75 bits per heavy atom. The molecular formula is C9H17N3O4. The Morgan fingerprint density at radius 1 is 1.50 bits per heavy atom. The van der Waals surface area contributed by atoms with Crippen LogP contribution in [0.4, 0.5) is 4.79 Å². The number of hydrogen-bond donors (Lipinski definition) is 2. The maximum atomic E-state index is 11.6. The standard InChI is InChI=1S/C9H17N3O4/c1-7-5-11(2)3-4-12(7)9(15)10-16-6-8(13)14/h7H,3-6H2,1-2H3,(H,10,15)(H,13,14). The normalized spacial score (nSPS) is 21.9. The Hall–Kier alpha value is -1.34. The van der Waals surface area contributed by atoms with E-state index in [0.29, 0.717) is 6.54 Å². The summed E-state index contributed by atoms with van der Waals surface area (Å²) < 4.78 is 0. The first-order valence-electron chi connectivity index (χ1n) is 5.09. The van der Waals surface area contributed by atoms with Gasteiger partial charge in [0.05, 0.1) is 0 Å². The summed E-state index contributed by atoms with van der Waals surface area (Å²) in [5.74, 6) is -1.12. The zero-order chi connectivity index (χ0) is 12.1. The molecule has 7 heteroatoms. The molecule has 16 heavy (non-hydrogen) atoms. The summed E-state index contributed by atoms with van der Waals surface area (Å²) in [6, 6.07) is -0.297. The first-order chi connectivity index (χ1) is 7.50. The number of rotatable bonds is 3. The van der Waals surface area contributed by atoms with Crippen LogP contribution in [0.2, 0.25) is 0 Å². The van der Waals surface area contributed by atoms with Gasteiger partial charge >= 0.3 is 12.0 Å². The van der Waals surface area contributed by atoms with Crippen LogP contribution in [-0.4, -0.2) is 66.2 Å². The number of likely N-dealkylation sites (N-methyl/N-ethyl adjacent to an activating group) is 1. The molecule has 0 bridgehead atoms. The molecule has 7 nitrogen and oxygen atoms in total. The molecule has 2 amide bonds. The van der Waals surface area contributed by atoms with Gasteiger partial charge in [0.15, 0.2) is 6.61 Å². The van der Waals surface area contributed by atoms with Crippen molar-refractivity contribution in [2.75, 3.05) is 33.3 Å². The fraction of sp³-hybridized carbons (Fsp3) is 0.778. The maximum Gasteiger partial charge on any atom is 0.341 e. The Kier molecular flexibility index (Phi) is 4.51. The third-order valence-corrected chi connectivity index (χ3v) is 2.45. The summed E-state index contributed by atoms with van der Waals surface area (Å²) in [7, 11) is 1.99. The minimum atomic E-state index is -1.12. The van der Waals surface area contributed by atoms with Crippen LogP contribution in [-0.2, 0) is 9.63 Å². The summed E-state index contributed by atoms with van der Waals surface area (Å²) in [6.45, 7) is 3.61. The van der Waals surface area contributed by atoms with Gasteiger partial charge in [0, 0.05) is 25.7 Å². The van der Waals surface area contributed by atoms with E-state index in [1.165, 1.54) is 0 Å². The van der Waals surface area contributed by atoms with Crippen LogP contribution in [0, 0.1) is 0 Å². The lowest BCUT2D eigenvalue weighted by atomic mass is 10.2. The van der Waals surface area contributed by atoms with Gasteiger partial charge in [-0.1, -0.05) is 0 Å². The summed E-state index contributed by atoms with van der Waals surface area (Å²) >= 11 is 0. The number of nitrogens with one attached hydrogen (secondary N) is 1. The van der Waals surface area contributed by atoms with Gasteiger partial charge in [-0.3, -0.25) is 4.84 Å². The lowest BCUT2D eigenvalue weighted by molar-refractivity contribution is -0.144. The van der Waals surface area contributed by atoms with E-state index in [4.69, 9.17) is 5.11 Å². The summed E-state index contributed by atoms with van der Waals surface area (Å²) in [5, 5.41) is 8.33. The van der Waals surface area contributed by atoms with Crippen molar-refractivity contribution in [3.05, 3.63) is 0 Å². The van der Waals surface area contributed by atoms with Gasteiger partial charge in [-0.05, 0) is 14.0 Å². The van der Waals surface area contributed by atoms with Gasteiger partial charge in [-0.15, -0.1) is 0 Å². The number of carboxylic acids is 1. The minimum absolute atomic E-state index is 0.0900. The zero-order valence-corrected chi connectivity index (χ0v) is 9.47.